The number of amides is 1. The maximum atomic E-state index is 11.8. The Morgan fingerprint density at radius 2 is 1.90 bits per heavy atom. The molecule has 2 aromatic rings. The smallest absolute Gasteiger partial charge is 0.271 e. The summed E-state index contributed by atoms with van der Waals surface area (Å²) < 4.78 is 0. The predicted octanol–water partition coefficient (Wildman–Crippen LogP) is 2.47. The number of hydrogen-bond acceptors (Lipinski definition) is 4. The van der Waals surface area contributed by atoms with Crippen molar-refractivity contribution in [3.8, 4) is 0 Å². The van der Waals surface area contributed by atoms with Crippen LogP contribution in [0, 0.1) is 5.92 Å². The third-order valence-corrected chi connectivity index (χ3v) is 2.87. The number of rotatable bonds is 6. The van der Waals surface area contributed by atoms with Crippen molar-refractivity contribution in [2.24, 2.45) is 5.92 Å². The lowest BCUT2D eigenvalue weighted by molar-refractivity contribution is 0.0943. The van der Waals surface area contributed by atoms with Gasteiger partial charge in [-0.25, -0.2) is 9.97 Å². The van der Waals surface area contributed by atoms with Crippen molar-refractivity contribution in [1.82, 2.24) is 15.3 Å². The van der Waals surface area contributed by atoms with E-state index in [2.05, 4.69) is 20.6 Å². The number of anilines is 1. The van der Waals surface area contributed by atoms with Gasteiger partial charge in [-0.1, -0.05) is 44.2 Å². The molecule has 1 aromatic heterocycles. The van der Waals surface area contributed by atoms with E-state index in [0.29, 0.717) is 30.5 Å². The zero-order valence-electron chi connectivity index (χ0n) is 12.3. The molecule has 2 N–H and O–H groups in total. The van der Waals surface area contributed by atoms with Crippen molar-refractivity contribution in [2.45, 2.75) is 20.4 Å². The lowest BCUT2D eigenvalue weighted by Gasteiger charge is -2.08. The Balaban J connectivity index is 1.88. The molecule has 1 aromatic carbocycles. The van der Waals surface area contributed by atoms with Gasteiger partial charge in [0.1, 0.15) is 11.5 Å². The zero-order valence-corrected chi connectivity index (χ0v) is 12.3. The first-order chi connectivity index (χ1) is 10.1. The van der Waals surface area contributed by atoms with E-state index in [1.54, 1.807) is 6.20 Å². The fraction of sp³-hybridized carbons (Fsp3) is 0.312. The van der Waals surface area contributed by atoms with Crippen LogP contribution < -0.4 is 10.6 Å². The van der Waals surface area contributed by atoms with Crippen LogP contribution in [0.15, 0.2) is 42.7 Å². The van der Waals surface area contributed by atoms with Crippen molar-refractivity contribution in [3.63, 3.8) is 0 Å². The zero-order chi connectivity index (χ0) is 15.1. The lowest BCUT2D eigenvalue weighted by Crippen LogP contribution is -2.28. The van der Waals surface area contributed by atoms with E-state index in [-0.39, 0.29) is 5.91 Å². The SMILES string of the molecule is CC(C)CNC(=O)c1cnc(NCc2ccccc2)cn1. The molecule has 0 saturated carbocycles. The van der Waals surface area contributed by atoms with Crippen LogP contribution >= 0.6 is 0 Å². The minimum absolute atomic E-state index is 0.189. The van der Waals surface area contributed by atoms with Crippen molar-refractivity contribution in [1.29, 1.82) is 0 Å². The van der Waals surface area contributed by atoms with E-state index in [0.717, 1.165) is 5.56 Å². The Bertz CT molecular complexity index is 567. The summed E-state index contributed by atoms with van der Waals surface area (Å²) >= 11 is 0. The van der Waals surface area contributed by atoms with E-state index in [1.807, 2.05) is 44.2 Å². The van der Waals surface area contributed by atoms with Gasteiger partial charge in [0.05, 0.1) is 12.4 Å². The van der Waals surface area contributed by atoms with E-state index in [4.69, 9.17) is 0 Å². The van der Waals surface area contributed by atoms with Gasteiger partial charge in [0.15, 0.2) is 0 Å². The normalized spacial score (nSPS) is 10.4. The summed E-state index contributed by atoms with van der Waals surface area (Å²) in [5.74, 6) is 0.874. The van der Waals surface area contributed by atoms with E-state index in [9.17, 15) is 4.79 Å². The minimum atomic E-state index is -0.189. The van der Waals surface area contributed by atoms with Gasteiger partial charge >= 0.3 is 0 Å². The number of carbonyl (C=O) groups excluding carboxylic acids is 1. The molecule has 0 saturated heterocycles. The van der Waals surface area contributed by atoms with Crippen LogP contribution in [0.5, 0.6) is 0 Å². The molecule has 5 nitrogen and oxygen atoms in total. The molecule has 0 fully saturated rings. The van der Waals surface area contributed by atoms with E-state index < -0.39 is 0 Å². The molecule has 0 radical (unpaired) electrons. The Labute approximate surface area is 124 Å². The van der Waals surface area contributed by atoms with Gasteiger partial charge in [0.25, 0.3) is 5.91 Å². The number of benzene rings is 1. The summed E-state index contributed by atoms with van der Waals surface area (Å²) in [5, 5.41) is 5.99. The minimum Gasteiger partial charge on any atom is -0.365 e. The first kappa shape index (κ1) is 15.0. The number of nitrogens with one attached hydrogen (secondary N) is 2. The van der Waals surface area contributed by atoms with E-state index >= 15 is 0 Å². The highest BCUT2D eigenvalue weighted by Gasteiger charge is 2.08. The molecular weight excluding hydrogens is 264 g/mol. The number of carbonyl (C=O) groups is 1. The summed E-state index contributed by atoms with van der Waals surface area (Å²) in [6, 6.07) is 10.0. The summed E-state index contributed by atoms with van der Waals surface area (Å²) in [6.07, 6.45) is 3.07. The quantitative estimate of drug-likeness (QED) is 0.855. The molecule has 0 spiro atoms. The van der Waals surface area contributed by atoms with Crippen LogP contribution in [-0.4, -0.2) is 22.4 Å². The third kappa shape index (κ3) is 4.87. The Morgan fingerprint density at radius 3 is 2.52 bits per heavy atom. The number of hydrogen-bond donors (Lipinski definition) is 2. The van der Waals surface area contributed by atoms with Crippen LogP contribution in [0.3, 0.4) is 0 Å². The Hall–Kier alpha value is -2.43. The number of nitrogens with zero attached hydrogens (tertiary/aromatic N) is 2. The Morgan fingerprint density at radius 1 is 1.14 bits per heavy atom. The molecule has 110 valence electrons. The average Bonchev–Trinajstić information content (AvgIpc) is 2.52. The second-order valence-corrected chi connectivity index (χ2v) is 5.23. The number of aromatic nitrogens is 2. The maximum absolute atomic E-state index is 11.8. The monoisotopic (exact) mass is 284 g/mol. The van der Waals surface area contributed by atoms with Gasteiger partial charge in [0.2, 0.25) is 0 Å². The largest absolute Gasteiger partial charge is 0.365 e. The van der Waals surface area contributed by atoms with Gasteiger partial charge in [-0.15, -0.1) is 0 Å². The van der Waals surface area contributed by atoms with Crippen molar-refractivity contribution in [3.05, 3.63) is 54.0 Å². The molecular formula is C16H20N4O. The van der Waals surface area contributed by atoms with Gasteiger partial charge in [-0.3, -0.25) is 4.79 Å². The molecule has 0 unspecified atom stereocenters. The standard InChI is InChI=1S/C16H20N4O/c1-12(2)8-20-16(21)14-10-19-15(11-17-14)18-9-13-6-4-3-5-7-13/h3-7,10-12H,8-9H2,1-2H3,(H,18,19)(H,20,21). The van der Waals surface area contributed by atoms with Gasteiger partial charge in [-0.05, 0) is 11.5 Å². The molecule has 2 rings (SSSR count). The van der Waals surface area contributed by atoms with Gasteiger partial charge in [0, 0.05) is 13.1 Å². The molecule has 0 aliphatic carbocycles. The highest BCUT2D eigenvalue weighted by molar-refractivity contribution is 5.91. The second-order valence-electron chi connectivity index (χ2n) is 5.23. The highest BCUT2D eigenvalue weighted by Crippen LogP contribution is 2.05. The Kier molecular flexibility index (Phi) is 5.26. The van der Waals surface area contributed by atoms with Crippen LogP contribution in [0.4, 0.5) is 5.82 Å². The fourth-order valence-corrected chi connectivity index (χ4v) is 1.71. The molecule has 0 bridgehead atoms. The average molecular weight is 284 g/mol. The first-order valence-electron chi connectivity index (χ1n) is 7.03. The second kappa shape index (κ2) is 7.38. The lowest BCUT2D eigenvalue weighted by atomic mass is 10.2. The van der Waals surface area contributed by atoms with Gasteiger partial charge < -0.3 is 10.6 Å². The molecule has 0 aliphatic heterocycles. The van der Waals surface area contributed by atoms with Crippen LogP contribution in [0.1, 0.15) is 29.9 Å². The molecule has 0 aliphatic rings. The van der Waals surface area contributed by atoms with Crippen molar-refractivity contribution < 1.29 is 4.79 Å². The van der Waals surface area contributed by atoms with Crippen LogP contribution in [-0.2, 0) is 6.54 Å². The predicted molar refractivity (Wildman–Crippen MR) is 83.0 cm³/mol. The van der Waals surface area contributed by atoms with Crippen molar-refractivity contribution >= 4 is 11.7 Å². The molecule has 1 heterocycles. The van der Waals surface area contributed by atoms with Crippen molar-refractivity contribution in [2.75, 3.05) is 11.9 Å². The summed E-state index contributed by atoms with van der Waals surface area (Å²) in [6.45, 7) is 5.40. The first-order valence-corrected chi connectivity index (χ1v) is 7.03. The summed E-state index contributed by atoms with van der Waals surface area (Å²) in [4.78, 5) is 20.1. The summed E-state index contributed by atoms with van der Waals surface area (Å²) in [5.41, 5.74) is 1.50. The van der Waals surface area contributed by atoms with E-state index in [1.165, 1.54) is 6.20 Å². The molecule has 1 amide bonds. The van der Waals surface area contributed by atoms with Crippen LogP contribution in [0.2, 0.25) is 0 Å². The molecule has 5 heteroatoms. The fourth-order valence-electron chi connectivity index (χ4n) is 1.71. The summed E-state index contributed by atoms with van der Waals surface area (Å²) in [7, 11) is 0. The highest BCUT2D eigenvalue weighted by atomic mass is 16.1. The molecule has 21 heavy (non-hydrogen) atoms. The third-order valence-electron chi connectivity index (χ3n) is 2.87. The topological polar surface area (TPSA) is 66.9 Å². The van der Waals surface area contributed by atoms with Gasteiger partial charge in [-0.2, -0.15) is 0 Å². The van der Waals surface area contributed by atoms with Crippen LogP contribution in [0.25, 0.3) is 0 Å². The maximum Gasteiger partial charge on any atom is 0.271 e. The molecule has 0 atom stereocenters.